The Morgan fingerprint density at radius 3 is 2.44 bits per heavy atom. The van der Waals surface area contributed by atoms with E-state index in [0.717, 1.165) is 38.9 Å². The van der Waals surface area contributed by atoms with Crippen molar-refractivity contribution in [3.05, 3.63) is 0 Å². The third-order valence-electron chi connectivity index (χ3n) is 4.32. The Labute approximate surface area is 111 Å². The molecule has 1 saturated heterocycles. The summed E-state index contributed by atoms with van der Waals surface area (Å²) in [6.45, 7) is 8.27. The predicted molar refractivity (Wildman–Crippen MR) is 75.4 cm³/mol. The van der Waals surface area contributed by atoms with Crippen LogP contribution in [-0.2, 0) is 4.79 Å². The zero-order valence-electron chi connectivity index (χ0n) is 12.2. The Morgan fingerprint density at radius 2 is 2.00 bits per heavy atom. The molecule has 0 radical (unpaired) electrons. The van der Waals surface area contributed by atoms with E-state index in [0.29, 0.717) is 24.9 Å². The number of hydrogen-bond donors (Lipinski definition) is 1. The summed E-state index contributed by atoms with van der Waals surface area (Å²) >= 11 is 0. The largest absolute Gasteiger partial charge is 0.343 e. The average molecular weight is 255 g/mol. The zero-order chi connectivity index (χ0) is 13.5. The summed E-state index contributed by atoms with van der Waals surface area (Å²) < 4.78 is 0. The van der Waals surface area contributed by atoms with Crippen LogP contribution < -0.4 is 5.73 Å². The van der Waals surface area contributed by atoms with E-state index in [2.05, 4.69) is 18.7 Å². The number of rotatable bonds is 6. The van der Waals surface area contributed by atoms with Gasteiger partial charge in [0, 0.05) is 32.6 Å². The minimum absolute atomic E-state index is 0.266. The first-order valence-corrected chi connectivity index (χ1v) is 7.30. The lowest BCUT2D eigenvalue weighted by Gasteiger charge is -2.36. The SMILES string of the molecule is CCC(CN)CC(=O)N(C)C1CCN(CC)CC1. The van der Waals surface area contributed by atoms with Crippen molar-refractivity contribution in [1.29, 1.82) is 0 Å². The van der Waals surface area contributed by atoms with Gasteiger partial charge in [0.25, 0.3) is 0 Å². The van der Waals surface area contributed by atoms with Gasteiger partial charge in [0.1, 0.15) is 0 Å². The highest BCUT2D eigenvalue weighted by Crippen LogP contribution is 2.17. The summed E-state index contributed by atoms with van der Waals surface area (Å²) in [4.78, 5) is 16.6. The first-order valence-electron chi connectivity index (χ1n) is 7.30. The molecule has 0 aliphatic carbocycles. The third-order valence-corrected chi connectivity index (χ3v) is 4.32. The molecule has 0 aromatic heterocycles. The molecular weight excluding hydrogens is 226 g/mol. The van der Waals surface area contributed by atoms with Gasteiger partial charge in [-0.1, -0.05) is 20.3 Å². The van der Waals surface area contributed by atoms with Gasteiger partial charge < -0.3 is 15.5 Å². The fourth-order valence-electron chi connectivity index (χ4n) is 2.61. The lowest BCUT2D eigenvalue weighted by molar-refractivity contribution is -0.133. The monoisotopic (exact) mass is 255 g/mol. The number of amides is 1. The van der Waals surface area contributed by atoms with Gasteiger partial charge in [-0.05, 0) is 31.8 Å². The Bertz CT molecular complexity index is 245. The van der Waals surface area contributed by atoms with E-state index in [9.17, 15) is 4.79 Å². The van der Waals surface area contributed by atoms with Crippen LogP contribution in [0.25, 0.3) is 0 Å². The first kappa shape index (κ1) is 15.4. The average Bonchev–Trinajstić information content (AvgIpc) is 2.43. The number of piperidine rings is 1. The molecule has 0 aromatic rings. The minimum atomic E-state index is 0.266. The highest BCUT2D eigenvalue weighted by atomic mass is 16.2. The molecule has 2 N–H and O–H groups in total. The van der Waals surface area contributed by atoms with Crippen LogP contribution in [-0.4, -0.2) is 55.0 Å². The number of nitrogens with zero attached hydrogens (tertiary/aromatic N) is 2. The molecule has 0 saturated carbocycles. The van der Waals surface area contributed by atoms with Gasteiger partial charge in [-0.3, -0.25) is 4.79 Å². The van der Waals surface area contributed by atoms with Crippen LogP contribution in [0.5, 0.6) is 0 Å². The fraction of sp³-hybridized carbons (Fsp3) is 0.929. The summed E-state index contributed by atoms with van der Waals surface area (Å²) in [5, 5.41) is 0. The molecule has 0 aromatic carbocycles. The topological polar surface area (TPSA) is 49.6 Å². The summed E-state index contributed by atoms with van der Waals surface area (Å²) in [5.41, 5.74) is 5.67. The molecule has 0 bridgehead atoms. The number of hydrogen-bond acceptors (Lipinski definition) is 3. The zero-order valence-corrected chi connectivity index (χ0v) is 12.2. The molecule has 1 aliphatic rings. The minimum Gasteiger partial charge on any atom is -0.343 e. The molecule has 1 aliphatic heterocycles. The van der Waals surface area contributed by atoms with Crippen LogP contribution in [0.15, 0.2) is 0 Å². The lowest BCUT2D eigenvalue weighted by Crippen LogP contribution is -2.46. The van der Waals surface area contributed by atoms with E-state index < -0.39 is 0 Å². The van der Waals surface area contributed by atoms with Crippen molar-refractivity contribution in [1.82, 2.24) is 9.80 Å². The number of likely N-dealkylation sites (tertiary alicyclic amines) is 1. The summed E-state index contributed by atoms with van der Waals surface area (Å²) in [5.74, 6) is 0.609. The summed E-state index contributed by atoms with van der Waals surface area (Å²) in [6, 6.07) is 0.426. The second-order valence-corrected chi connectivity index (χ2v) is 5.38. The molecule has 1 rings (SSSR count). The lowest BCUT2D eigenvalue weighted by atomic mass is 9.99. The van der Waals surface area contributed by atoms with Gasteiger partial charge in [-0.15, -0.1) is 0 Å². The standard InChI is InChI=1S/C14H29N3O/c1-4-12(11-15)10-14(18)16(3)13-6-8-17(5-2)9-7-13/h12-13H,4-11,15H2,1-3H3. The molecule has 106 valence electrons. The van der Waals surface area contributed by atoms with E-state index in [4.69, 9.17) is 5.73 Å². The van der Waals surface area contributed by atoms with Crippen molar-refractivity contribution >= 4 is 5.91 Å². The highest BCUT2D eigenvalue weighted by molar-refractivity contribution is 5.76. The van der Waals surface area contributed by atoms with E-state index in [1.54, 1.807) is 0 Å². The Kier molecular flexibility index (Phi) is 6.65. The summed E-state index contributed by atoms with van der Waals surface area (Å²) in [6.07, 6.45) is 3.81. The van der Waals surface area contributed by atoms with E-state index in [1.165, 1.54) is 0 Å². The molecule has 1 heterocycles. The van der Waals surface area contributed by atoms with Gasteiger partial charge in [-0.2, -0.15) is 0 Å². The van der Waals surface area contributed by atoms with Crippen molar-refractivity contribution in [2.75, 3.05) is 33.2 Å². The van der Waals surface area contributed by atoms with Crippen molar-refractivity contribution in [2.45, 2.75) is 45.6 Å². The normalized spacial score (nSPS) is 19.8. The van der Waals surface area contributed by atoms with E-state index in [-0.39, 0.29) is 5.91 Å². The molecule has 1 fully saturated rings. The quantitative estimate of drug-likeness (QED) is 0.778. The molecule has 4 nitrogen and oxygen atoms in total. The maximum absolute atomic E-state index is 12.2. The van der Waals surface area contributed by atoms with E-state index >= 15 is 0 Å². The molecule has 1 amide bonds. The fourth-order valence-corrected chi connectivity index (χ4v) is 2.61. The van der Waals surface area contributed by atoms with Gasteiger partial charge in [0.2, 0.25) is 5.91 Å². The third kappa shape index (κ3) is 4.25. The predicted octanol–water partition coefficient (Wildman–Crippen LogP) is 1.30. The van der Waals surface area contributed by atoms with Crippen molar-refractivity contribution in [2.24, 2.45) is 11.7 Å². The molecule has 4 heteroatoms. The van der Waals surface area contributed by atoms with Crippen molar-refractivity contribution < 1.29 is 4.79 Å². The molecular formula is C14H29N3O. The molecule has 18 heavy (non-hydrogen) atoms. The first-order chi connectivity index (χ1) is 8.62. The number of carbonyl (C=O) groups excluding carboxylic acids is 1. The molecule has 0 spiro atoms. The molecule has 1 unspecified atom stereocenters. The smallest absolute Gasteiger partial charge is 0.222 e. The number of carbonyl (C=O) groups is 1. The van der Waals surface area contributed by atoms with Crippen LogP contribution >= 0.6 is 0 Å². The highest BCUT2D eigenvalue weighted by Gasteiger charge is 2.25. The van der Waals surface area contributed by atoms with Gasteiger partial charge >= 0.3 is 0 Å². The van der Waals surface area contributed by atoms with Crippen LogP contribution in [0.4, 0.5) is 0 Å². The maximum Gasteiger partial charge on any atom is 0.222 e. The maximum atomic E-state index is 12.2. The van der Waals surface area contributed by atoms with Gasteiger partial charge in [-0.25, -0.2) is 0 Å². The Balaban J connectivity index is 2.39. The Hall–Kier alpha value is -0.610. The second-order valence-electron chi connectivity index (χ2n) is 5.38. The van der Waals surface area contributed by atoms with Crippen LogP contribution in [0.2, 0.25) is 0 Å². The van der Waals surface area contributed by atoms with Crippen LogP contribution in [0.1, 0.15) is 39.5 Å². The molecule has 1 atom stereocenters. The van der Waals surface area contributed by atoms with Crippen molar-refractivity contribution in [3.8, 4) is 0 Å². The van der Waals surface area contributed by atoms with Crippen LogP contribution in [0.3, 0.4) is 0 Å². The summed E-state index contributed by atoms with van der Waals surface area (Å²) in [7, 11) is 1.96. The van der Waals surface area contributed by atoms with Gasteiger partial charge in [0.05, 0.1) is 0 Å². The van der Waals surface area contributed by atoms with E-state index in [1.807, 2.05) is 11.9 Å². The van der Waals surface area contributed by atoms with Crippen molar-refractivity contribution in [3.63, 3.8) is 0 Å². The second kappa shape index (κ2) is 7.74. The van der Waals surface area contributed by atoms with Crippen LogP contribution in [0, 0.1) is 5.92 Å². The Morgan fingerprint density at radius 1 is 1.39 bits per heavy atom. The number of nitrogens with two attached hydrogens (primary N) is 1. The van der Waals surface area contributed by atoms with Gasteiger partial charge in [0.15, 0.2) is 0 Å².